The SMILES string of the molecule is NC(C(=O)Nc1cnn(CC(=O)NC2CC2)c1)c1ccccc1. The van der Waals surface area contributed by atoms with Crippen LogP contribution in [0.5, 0.6) is 0 Å². The van der Waals surface area contributed by atoms with Crippen molar-refractivity contribution in [1.29, 1.82) is 0 Å². The van der Waals surface area contributed by atoms with Crippen LogP contribution >= 0.6 is 0 Å². The first kappa shape index (κ1) is 15.2. The summed E-state index contributed by atoms with van der Waals surface area (Å²) < 4.78 is 1.49. The number of benzene rings is 1. The van der Waals surface area contributed by atoms with Crippen LogP contribution in [0.4, 0.5) is 5.69 Å². The molecule has 1 heterocycles. The van der Waals surface area contributed by atoms with E-state index in [0.29, 0.717) is 11.7 Å². The standard InChI is InChI=1S/C16H19N5O2/c17-15(11-4-2-1-3-5-11)16(23)20-13-8-18-21(9-13)10-14(22)19-12-6-7-12/h1-5,8-9,12,15H,6-7,10,17H2,(H,19,22)(H,20,23). The lowest BCUT2D eigenvalue weighted by Crippen LogP contribution is -2.29. The fraction of sp³-hybridized carbons (Fsp3) is 0.312. The van der Waals surface area contributed by atoms with Crippen molar-refractivity contribution in [3.63, 3.8) is 0 Å². The van der Waals surface area contributed by atoms with Crippen molar-refractivity contribution in [2.24, 2.45) is 5.73 Å². The minimum absolute atomic E-state index is 0.0746. The van der Waals surface area contributed by atoms with Crippen LogP contribution in [0.15, 0.2) is 42.7 Å². The van der Waals surface area contributed by atoms with Crippen molar-refractivity contribution in [3.05, 3.63) is 48.3 Å². The quantitative estimate of drug-likeness (QED) is 0.734. The zero-order valence-corrected chi connectivity index (χ0v) is 12.6. The molecule has 1 atom stereocenters. The van der Waals surface area contributed by atoms with Gasteiger partial charge in [0.15, 0.2) is 0 Å². The van der Waals surface area contributed by atoms with E-state index in [1.165, 1.54) is 10.9 Å². The molecule has 0 bridgehead atoms. The maximum Gasteiger partial charge on any atom is 0.245 e. The Hall–Kier alpha value is -2.67. The molecule has 1 aliphatic carbocycles. The van der Waals surface area contributed by atoms with Gasteiger partial charge in [0.2, 0.25) is 11.8 Å². The van der Waals surface area contributed by atoms with Crippen LogP contribution in [0, 0.1) is 0 Å². The van der Waals surface area contributed by atoms with Crippen molar-refractivity contribution in [3.8, 4) is 0 Å². The van der Waals surface area contributed by atoms with Crippen LogP contribution in [0.3, 0.4) is 0 Å². The zero-order chi connectivity index (χ0) is 16.2. The maximum atomic E-state index is 12.1. The molecule has 1 aromatic heterocycles. The molecule has 0 radical (unpaired) electrons. The first-order chi connectivity index (χ1) is 11.1. The molecule has 1 fully saturated rings. The Morgan fingerprint density at radius 3 is 2.74 bits per heavy atom. The summed E-state index contributed by atoms with van der Waals surface area (Å²) in [6.45, 7) is 0.136. The number of nitrogens with one attached hydrogen (secondary N) is 2. The van der Waals surface area contributed by atoms with Gasteiger partial charge in [0, 0.05) is 12.2 Å². The predicted molar refractivity (Wildman–Crippen MR) is 85.4 cm³/mol. The predicted octanol–water partition coefficient (Wildman–Crippen LogP) is 0.800. The molecule has 3 rings (SSSR count). The Labute approximate surface area is 133 Å². The van der Waals surface area contributed by atoms with Crippen molar-refractivity contribution in [1.82, 2.24) is 15.1 Å². The minimum atomic E-state index is -0.752. The van der Waals surface area contributed by atoms with E-state index >= 15 is 0 Å². The molecule has 4 N–H and O–H groups in total. The molecule has 1 saturated carbocycles. The van der Waals surface area contributed by atoms with E-state index in [2.05, 4.69) is 15.7 Å². The van der Waals surface area contributed by atoms with E-state index in [-0.39, 0.29) is 18.4 Å². The summed E-state index contributed by atoms with van der Waals surface area (Å²) in [6.07, 6.45) is 5.20. The lowest BCUT2D eigenvalue weighted by Gasteiger charge is -2.11. The van der Waals surface area contributed by atoms with Gasteiger partial charge in [-0.05, 0) is 18.4 Å². The highest BCUT2D eigenvalue weighted by Crippen LogP contribution is 2.18. The Kier molecular flexibility index (Phi) is 4.38. The topological polar surface area (TPSA) is 102 Å². The van der Waals surface area contributed by atoms with Crippen molar-refractivity contribution >= 4 is 17.5 Å². The molecule has 0 aliphatic heterocycles. The molecule has 1 aliphatic rings. The van der Waals surface area contributed by atoms with Gasteiger partial charge >= 0.3 is 0 Å². The molecule has 23 heavy (non-hydrogen) atoms. The highest BCUT2D eigenvalue weighted by Gasteiger charge is 2.23. The summed E-state index contributed by atoms with van der Waals surface area (Å²) >= 11 is 0. The second-order valence-electron chi connectivity index (χ2n) is 5.65. The van der Waals surface area contributed by atoms with Crippen molar-refractivity contribution in [2.75, 3.05) is 5.32 Å². The van der Waals surface area contributed by atoms with Crippen LogP contribution in [-0.4, -0.2) is 27.6 Å². The number of anilines is 1. The van der Waals surface area contributed by atoms with Gasteiger partial charge in [-0.2, -0.15) is 5.10 Å². The fourth-order valence-electron chi connectivity index (χ4n) is 2.19. The van der Waals surface area contributed by atoms with E-state index in [1.807, 2.05) is 18.2 Å². The average Bonchev–Trinajstić information content (AvgIpc) is 3.26. The number of rotatable bonds is 6. The number of carbonyl (C=O) groups is 2. The summed E-state index contributed by atoms with van der Waals surface area (Å²) in [6, 6.07) is 8.70. The van der Waals surface area contributed by atoms with Gasteiger partial charge in [0.1, 0.15) is 12.6 Å². The normalized spacial score (nSPS) is 15.0. The van der Waals surface area contributed by atoms with E-state index in [9.17, 15) is 9.59 Å². The van der Waals surface area contributed by atoms with Gasteiger partial charge in [0.05, 0.1) is 11.9 Å². The number of amides is 2. The molecule has 120 valence electrons. The number of hydrogen-bond donors (Lipinski definition) is 3. The number of aromatic nitrogens is 2. The lowest BCUT2D eigenvalue weighted by molar-refractivity contribution is -0.122. The third-order valence-corrected chi connectivity index (χ3v) is 3.59. The largest absolute Gasteiger partial charge is 0.352 e. The van der Waals surface area contributed by atoms with Crippen LogP contribution in [0.1, 0.15) is 24.4 Å². The van der Waals surface area contributed by atoms with E-state index in [4.69, 9.17) is 5.73 Å². The Balaban J connectivity index is 1.55. The first-order valence-corrected chi connectivity index (χ1v) is 7.55. The summed E-state index contributed by atoms with van der Waals surface area (Å²) in [7, 11) is 0. The van der Waals surface area contributed by atoms with E-state index < -0.39 is 6.04 Å². The molecule has 0 saturated heterocycles. The first-order valence-electron chi connectivity index (χ1n) is 7.55. The van der Waals surface area contributed by atoms with Gasteiger partial charge in [-0.3, -0.25) is 14.3 Å². The number of nitrogens with zero attached hydrogens (tertiary/aromatic N) is 2. The minimum Gasteiger partial charge on any atom is -0.352 e. The molecular formula is C16H19N5O2. The highest BCUT2D eigenvalue weighted by molar-refractivity contribution is 5.95. The zero-order valence-electron chi connectivity index (χ0n) is 12.6. The smallest absolute Gasteiger partial charge is 0.245 e. The summed E-state index contributed by atoms with van der Waals surface area (Å²) in [5.74, 6) is -0.396. The van der Waals surface area contributed by atoms with Crippen LogP contribution < -0.4 is 16.4 Å². The Morgan fingerprint density at radius 1 is 1.30 bits per heavy atom. The van der Waals surface area contributed by atoms with Crippen LogP contribution in [0.2, 0.25) is 0 Å². The average molecular weight is 313 g/mol. The monoisotopic (exact) mass is 313 g/mol. The van der Waals surface area contributed by atoms with Gasteiger partial charge < -0.3 is 16.4 Å². The van der Waals surface area contributed by atoms with E-state index in [0.717, 1.165) is 18.4 Å². The van der Waals surface area contributed by atoms with Crippen molar-refractivity contribution < 1.29 is 9.59 Å². The van der Waals surface area contributed by atoms with Crippen LogP contribution in [0.25, 0.3) is 0 Å². The van der Waals surface area contributed by atoms with Crippen LogP contribution in [-0.2, 0) is 16.1 Å². The highest BCUT2D eigenvalue weighted by atomic mass is 16.2. The summed E-state index contributed by atoms with van der Waals surface area (Å²) in [5.41, 5.74) is 7.18. The Bertz CT molecular complexity index is 694. The Morgan fingerprint density at radius 2 is 2.04 bits per heavy atom. The molecule has 1 unspecified atom stereocenters. The second kappa shape index (κ2) is 6.62. The van der Waals surface area contributed by atoms with Gasteiger partial charge in [0.25, 0.3) is 0 Å². The van der Waals surface area contributed by atoms with E-state index in [1.54, 1.807) is 18.3 Å². The number of hydrogen-bond acceptors (Lipinski definition) is 4. The maximum absolute atomic E-state index is 12.1. The van der Waals surface area contributed by atoms with Crippen molar-refractivity contribution in [2.45, 2.75) is 31.5 Å². The molecule has 7 nitrogen and oxygen atoms in total. The summed E-state index contributed by atoms with van der Waals surface area (Å²) in [5, 5.41) is 9.66. The van der Waals surface area contributed by atoms with Gasteiger partial charge in [-0.15, -0.1) is 0 Å². The lowest BCUT2D eigenvalue weighted by atomic mass is 10.1. The molecular weight excluding hydrogens is 294 g/mol. The molecule has 1 aromatic carbocycles. The van der Waals surface area contributed by atoms with Gasteiger partial charge in [-0.25, -0.2) is 0 Å². The summed E-state index contributed by atoms with van der Waals surface area (Å²) in [4.78, 5) is 23.9. The number of nitrogens with two attached hydrogens (primary N) is 1. The van der Waals surface area contributed by atoms with Gasteiger partial charge in [-0.1, -0.05) is 30.3 Å². The molecule has 2 amide bonds. The molecule has 7 heteroatoms. The third-order valence-electron chi connectivity index (χ3n) is 3.59. The molecule has 0 spiro atoms. The molecule has 2 aromatic rings. The number of carbonyl (C=O) groups excluding carboxylic acids is 2. The third kappa shape index (κ3) is 4.17. The fourth-order valence-corrected chi connectivity index (χ4v) is 2.19. The second-order valence-corrected chi connectivity index (χ2v) is 5.65.